The molecule has 17 nitrogen and oxygen atoms in total. The van der Waals surface area contributed by atoms with E-state index in [9.17, 15) is 43.2 Å². The number of ether oxygens (including phenoxy) is 4. The molecule has 90 heavy (non-hydrogen) atoms. The molecule has 4 unspecified atom stereocenters. The van der Waals surface area contributed by atoms with Crippen LogP contribution in [0.25, 0.3) is 0 Å². The van der Waals surface area contributed by atoms with Crippen LogP contribution in [0.15, 0.2) is 0 Å². The van der Waals surface area contributed by atoms with Gasteiger partial charge >= 0.3 is 39.5 Å². The van der Waals surface area contributed by atoms with Crippen LogP contribution in [0.2, 0.25) is 0 Å². The highest BCUT2D eigenvalue weighted by Crippen LogP contribution is 2.45. The summed E-state index contributed by atoms with van der Waals surface area (Å²) in [5.41, 5.74) is 0. The number of phosphoric acid groups is 2. The van der Waals surface area contributed by atoms with Gasteiger partial charge in [-0.05, 0) is 49.4 Å². The number of aliphatic hydroxyl groups is 1. The first-order valence-corrected chi connectivity index (χ1v) is 39.7. The number of rotatable bonds is 68. The van der Waals surface area contributed by atoms with Gasteiger partial charge in [-0.25, -0.2) is 9.13 Å². The van der Waals surface area contributed by atoms with Gasteiger partial charge < -0.3 is 33.8 Å². The highest BCUT2D eigenvalue weighted by molar-refractivity contribution is 7.47. The smallest absolute Gasteiger partial charge is 0.462 e. The van der Waals surface area contributed by atoms with Crippen LogP contribution in [0, 0.1) is 23.7 Å². The molecule has 0 bridgehead atoms. The summed E-state index contributed by atoms with van der Waals surface area (Å²) in [5, 5.41) is 10.6. The Hall–Kier alpha value is -1.94. The second kappa shape index (κ2) is 60.7. The molecular formula is C71H138O17P2. The quantitative estimate of drug-likeness (QED) is 0.0222. The molecule has 0 rings (SSSR count). The number of carbonyl (C=O) groups is 4. The number of unbranched alkanes of at least 4 members (excludes halogenated alkanes) is 33. The van der Waals surface area contributed by atoms with Crippen LogP contribution in [0.5, 0.6) is 0 Å². The molecule has 0 saturated heterocycles. The van der Waals surface area contributed by atoms with Gasteiger partial charge in [0, 0.05) is 25.7 Å². The highest BCUT2D eigenvalue weighted by atomic mass is 31.2. The Kier molecular flexibility index (Phi) is 59.4. The topological polar surface area (TPSA) is 237 Å². The van der Waals surface area contributed by atoms with Crippen molar-refractivity contribution in [2.45, 2.75) is 369 Å². The average Bonchev–Trinajstić information content (AvgIpc) is 3.70. The van der Waals surface area contributed by atoms with Crippen molar-refractivity contribution in [3.63, 3.8) is 0 Å². The average molecular weight is 1330 g/mol. The SMILES string of the molecule is CCC(C)CCCCCCCCCCC(=O)O[C@H](COC(=O)CCCCCCCCCCCCCCCC(C)C)COP(=O)(O)OCC(O)COP(=O)(O)OC[C@@H](COC(=O)CCCCCCCCCC(C)C)OC(=O)CCCCCCCCCCCC(C)C. The van der Waals surface area contributed by atoms with E-state index in [0.29, 0.717) is 31.6 Å². The van der Waals surface area contributed by atoms with Gasteiger partial charge in [0.15, 0.2) is 12.2 Å². The Labute approximate surface area is 549 Å². The first-order valence-electron chi connectivity index (χ1n) is 36.7. The second-order valence-corrected chi connectivity index (χ2v) is 30.2. The van der Waals surface area contributed by atoms with Crippen LogP contribution in [0.4, 0.5) is 0 Å². The minimum Gasteiger partial charge on any atom is -0.462 e. The first-order chi connectivity index (χ1) is 43.1. The van der Waals surface area contributed by atoms with Gasteiger partial charge in [0.2, 0.25) is 0 Å². The third-order valence-corrected chi connectivity index (χ3v) is 18.6. The van der Waals surface area contributed by atoms with E-state index >= 15 is 0 Å². The summed E-state index contributed by atoms with van der Waals surface area (Å²) in [6.07, 6.45) is 43.1. The molecule has 0 aliphatic heterocycles. The Bertz CT molecular complexity index is 1780. The standard InChI is InChI=1S/C71H138O17P2/c1-9-64(8)50-42-34-26-20-21-29-38-46-54-71(76)88-66(57-81-68(73)51-43-35-27-18-14-12-10-11-13-16-23-31-39-47-61(2)3)59-85-89(77,78)83-55-65(72)56-84-90(79,80)86-60-67(58-82-69(74)52-44-36-30-22-25-33-41-49-63(6)7)87-70(75)53-45-37-28-19-15-17-24-32-40-48-62(4)5/h61-67,72H,9-60H2,1-8H3,(H,77,78)(H,79,80)/t64?,65?,66-,67-/m1/s1. The molecule has 0 aromatic rings. The summed E-state index contributed by atoms with van der Waals surface area (Å²) in [6.45, 7) is 14.1. The lowest BCUT2D eigenvalue weighted by Gasteiger charge is -2.21. The van der Waals surface area contributed by atoms with Gasteiger partial charge in [0.1, 0.15) is 19.3 Å². The molecule has 534 valence electrons. The van der Waals surface area contributed by atoms with Gasteiger partial charge in [-0.3, -0.25) is 37.3 Å². The predicted molar refractivity (Wildman–Crippen MR) is 363 cm³/mol. The van der Waals surface area contributed by atoms with Gasteiger partial charge in [0.25, 0.3) is 0 Å². The number of phosphoric ester groups is 2. The van der Waals surface area contributed by atoms with Crippen molar-refractivity contribution in [2.24, 2.45) is 23.7 Å². The molecule has 3 N–H and O–H groups in total. The van der Waals surface area contributed by atoms with E-state index in [-0.39, 0.29) is 25.7 Å². The molecule has 0 aromatic carbocycles. The molecule has 0 aliphatic rings. The molecule has 0 amide bonds. The van der Waals surface area contributed by atoms with Crippen LogP contribution < -0.4 is 0 Å². The molecule has 0 aromatic heterocycles. The third-order valence-electron chi connectivity index (χ3n) is 16.7. The zero-order valence-corrected chi connectivity index (χ0v) is 60.6. The van der Waals surface area contributed by atoms with Crippen molar-refractivity contribution in [3.05, 3.63) is 0 Å². The second-order valence-electron chi connectivity index (χ2n) is 27.3. The summed E-state index contributed by atoms with van der Waals surface area (Å²) in [4.78, 5) is 72.6. The summed E-state index contributed by atoms with van der Waals surface area (Å²) >= 11 is 0. The zero-order chi connectivity index (χ0) is 66.8. The van der Waals surface area contributed by atoms with Crippen LogP contribution in [-0.2, 0) is 65.4 Å². The molecule has 0 radical (unpaired) electrons. The van der Waals surface area contributed by atoms with Crippen molar-refractivity contribution in [2.75, 3.05) is 39.6 Å². The normalized spacial score (nSPS) is 14.6. The van der Waals surface area contributed by atoms with Gasteiger partial charge in [-0.1, -0.05) is 299 Å². The summed E-state index contributed by atoms with van der Waals surface area (Å²) in [5.74, 6) is 0.872. The molecule has 6 atom stereocenters. The van der Waals surface area contributed by atoms with Crippen LogP contribution in [0.3, 0.4) is 0 Å². The minimum atomic E-state index is -4.95. The molecule has 0 heterocycles. The Balaban J connectivity index is 5.24. The lowest BCUT2D eigenvalue weighted by atomic mass is 9.99. The molecule has 19 heteroatoms. The van der Waals surface area contributed by atoms with Crippen molar-refractivity contribution >= 4 is 39.5 Å². The molecule has 0 spiro atoms. The summed E-state index contributed by atoms with van der Waals surface area (Å²) in [6, 6.07) is 0. The first kappa shape index (κ1) is 88.1. The molecule has 0 fully saturated rings. The lowest BCUT2D eigenvalue weighted by molar-refractivity contribution is -0.161. The van der Waals surface area contributed by atoms with E-state index in [1.165, 1.54) is 148 Å². The maximum atomic E-state index is 13.0. The number of hydrogen-bond donors (Lipinski definition) is 3. The van der Waals surface area contributed by atoms with Crippen molar-refractivity contribution in [3.8, 4) is 0 Å². The lowest BCUT2D eigenvalue weighted by Crippen LogP contribution is -2.30. The third kappa shape index (κ3) is 63.5. The molecule has 0 saturated carbocycles. The van der Waals surface area contributed by atoms with Crippen LogP contribution in [-0.4, -0.2) is 96.7 Å². The van der Waals surface area contributed by atoms with E-state index < -0.39 is 97.5 Å². The Morgan fingerprint density at radius 3 is 0.789 bits per heavy atom. The maximum absolute atomic E-state index is 13.0. The van der Waals surface area contributed by atoms with E-state index in [0.717, 1.165) is 114 Å². The number of esters is 4. The largest absolute Gasteiger partial charge is 0.472 e. The minimum absolute atomic E-state index is 0.104. The predicted octanol–water partition coefficient (Wildman–Crippen LogP) is 20.1. The summed E-state index contributed by atoms with van der Waals surface area (Å²) in [7, 11) is -9.90. The fourth-order valence-electron chi connectivity index (χ4n) is 10.6. The monoisotopic (exact) mass is 1320 g/mol. The van der Waals surface area contributed by atoms with E-state index in [1.807, 2.05) is 0 Å². The Morgan fingerprint density at radius 2 is 0.533 bits per heavy atom. The number of hydrogen-bond acceptors (Lipinski definition) is 15. The Morgan fingerprint density at radius 1 is 0.311 bits per heavy atom. The van der Waals surface area contributed by atoms with Crippen LogP contribution in [0.1, 0.15) is 351 Å². The zero-order valence-electron chi connectivity index (χ0n) is 58.8. The van der Waals surface area contributed by atoms with Crippen molar-refractivity contribution in [1.29, 1.82) is 0 Å². The fourth-order valence-corrected chi connectivity index (χ4v) is 12.2. The van der Waals surface area contributed by atoms with Crippen LogP contribution >= 0.6 is 15.6 Å². The number of carbonyl (C=O) groups excluding carboxylic acids is 4. The molecular weight excluding hydrogens is 1190 g/mol. The van der Waals surface area contributed by atoms with E-state index in [4.69, 9.17) is 37.0 Å². The van der Waals surface area contributed by atoms with Crippen molar-refractivity contribution < 1.29 is 80.2 Å². The maximum Gasteiger partial charge on any atom is 0.472 e. The van der Waals surface area contributed by atoms with E-state index in [2.05, 4.69) is 55.4 Å². The molecule has 0 aliphatic carbocycles. The van der Waals surface area contributed by atoms with Gasteiger partial charge in [-0.15, -0.1) is 0 Å². The highest BCUT2D eigenvalue weighted by Gasteiger charge is 2.30. The number of aliphatic hydroxyl groups excluding tert-OH is 1. The van der Waals surface area contributed by atoms with Gasteiger partial charge in [0.05, 0.1) is 26.4 Å². The summed E-state index contributed by atoms with van der Waals surface area (Å²) < 4.78 is 68.3. The van der Waals surface area contributed by atoms with Gasteiger partial charge in [-0.2, -0.15) is 0 Å². The van der Waals surface area contributed by atoms with E-state index in [1.54, 1.807) is 0 Å². The van der Waals surface area contributed by atoms with Crippen molar-refractivity contribution in [1.82, 2.24) is 0 Å². The fraction of sp³-hybridized carbons (Fsp3) is 0.944.